The second kappa shape index (κ2) is 12.7. The van der Waals surface area contributed by atoms with Gasteiger partial charge in [0, 0.05) is 55.7 Å². The molecule has 0 bridgehead atoms. The number of carbonyl (C=O) groups is 2. The van der Waals surface area contributed by atoms with Crippen molar-refractivity contribution < 1.29 is 54.6 Å². The van der Waals surface area contributed by atoms with Crippen LogP contribution in [0.3, 0.4) is 0 Å². The van der Waals surface area contributed by atoms with Gasteiger partial charge in [-0.2, -0.15) is 31.4 Å². The fraction of sp³-hybridized carbons (Fsp3) is 0.385. The second-order valence-electron chi connectivity index (χ2n) is 9.91. The van der Waals surface area contributed by atoms with Gasteiger partial charge in [-0.05, 0) is 48.7 Å². The minimum Gasteiger partial charge on any atom is -0.475 e. The van der Waals surface area contributed by atoms with Gasteiger partial charge in [-0.25, -0.2) is 18.0 Å². The molecule has 234 valence electrons. The van der Waals surface area contributed by atoms with Gasteiger partial charge in [0.25, 0.3) is 0 Å². The monoisotopic (exact) mass is 636 g/mol. The van der Waals surface area contributed by atoms with Crippen molar-refractivity contribution >= 4 is 21.8 Å². The van der Waals surface area contributed by atoms with Crippen LogP contribution in [0.15, 0.2) is 60.0 Å². The minimum absolute atomic E-state index is 0.0202. The number of halogens is 6. The van der Waals surface area contributed by atoms with Crippen LogP contribution in [-0.2, 0) is 26.0 Å². The molecule has 2 unspecified atom stereocenters. The van der Waals surface area contributed by atoms with Crippen LogP contribution in [0.1, 0.15) is 36.9 Å². The molecule has 3 aromatic rings. The fourth-order valence-corrected chi connectivity index (χ4v) is 6.76. The van der Waals surface area contributed by atoms with Gasteiger partial charge in [-0.15, -0.1) is 0 Å². The Balaban J connectivity index is 0.000000303. The number of carboxylic acids is 2. The number of aliphatic carboxylic acids is 2. The van der Waals surface area contributed by atoms with Gasteiger partial charge in [-0.1, -0.05) is 12.1 Å². The molecular formula is C26H26F6N4O6S. The number of fused-ring (bicyclic) bond motifs is 3. The number of nitrogens with zero attached hydrogens (tertiary/aromatic N) is 4. The van der Waals surface area contributed by atoms with Crippen molar-refractivity contribution in [1.29, 1.82) is 0 Å². The Kier molecular flexibility index (Phi) is 9.90. The lowest BCUT2D eigenvalue weighted by Crippen LogP contribution is -2.25. The molecule has 0 spiro atoms. The van der Waals surface area contributed by atoms with E-state index in [0.29, 0.717) is 17.5 Å². The summed E-state index contributed by atoms with van der Waals surface area (Å²) in [7, 11) is -3.29. The molecule has 17 heteroatoms. The fourth-order valence-electron chi connectivity index (χ4n) is 4.57. The molecule has 0 radical (unpaired) electrons. The van der Waals surface area contributed by atoms with Gasteiger partial charge >= 0.3 is 24.3 Å². The third kappa shape index (κ3) is 8.10. The largest absolute Gasteiger partial charge is 0.490 e. The van der Waals surface area contributed by atoms with E-state index in [9.17, 15) is 34.8 Å². The molecule has 1 fully saturated rings. The molecule has 4 heterocycles. The van der Waals surface area contributed by atoms with Gasteiger partial charge < -0.3 is 10.2 Å². The average Bonchev–Trinajstić information content (AvgIpc) is 3.60. The highest BCUT2D eigenvalue weighted by Crippen LogP contribution is 2.46. The number of benzene rings is 1. The van der Waals surface area contributed by atoms with Crippen LogP contribution >= 0.6 is 0 Å². The summed E-state index contributed by atoms with van der Waals surface area (Å²) in [5.41, 5.74) is 4.11. The zero-order valence-corrected chi connectivity index (χ0v) is 23.4. The smallest absolute Gasteiger partial charge is 0.475 e. The standard InChI is InChI=1S/C22H24N4O2S.2C2HF3O2/c1-15(2)26-12-16(9-24-26)11-25-13-20-19-8-17(18-4-3-7-23-10-18)5-6-21(19)29(27,28)22(20)14-25;2*3-2(4,5)1(6)7/h3-10,12,15,20,22H,11,13-14H2,1-2H3;2*(H,6,7). The highest BCUT2D eigenvalue weighted by atomic mass is 32.2. The first-order chi connectivity index (χ1) is 19.8. The topological polar surface area (TPSA) is 143 Å². The van der Waals surface area contributed by atoms with Gasteiger partial charge in [-0.3, -0.25) is 14.6 Å². The van der Waals surface area contributed by atoms with Crippen LogP contribution in [-0.4, -0.2) is 80.9 Å². The number of likely N-dealkylation sites (tertiary alicyclic amines) is 1. The van der Waals surface area contributed by atoms with Crippen LogP contribution in [0.4, 0.5) is 26.3 Å². The molecule has 10 nitrogen and oxygen atoms in total. The summed E-state index contributed by atoms with van der Waals surface area (Å²) in [6, 6.07) is 9.95. The first kappa shape index (κ1) is 33.5. The van der Waals surface area contributed by atoms with E-state index in [4.69, 9.17) is 19.8 Å². The van der Waals surface area contributed by atoms with Crippen molar-refractivity contribution in [2.75, 3.05) is 13.1 Å². The number of carboxylic acid groups (broad SMARTS) is 2. The number of hydrogen-bond acceptors (Lipinski definition) is 7. The van der Waals surface area contributed by atoms with Gasteiger partial charge in [0.15, 0.2) is 9.84 Å². The highest BCUT2D eigenvalue weighted by molar-refractivity contribution is 7.92. The first-order valence-electron chi connectivity index (χ1n) is 12.5. The van der Waals surface area contributed by atoms with Crippen LogP contribution in [0, 0.1) is 0 Å². The molecular weight excluding hydrogens is 610 g/mol. The number of sulfone groups is 1. The Labute approximate surface area is 241 Å². The van der Waals surface area contributed by atoms with E-state index in [2.05, 4.69) is 41.1 Å². The lowest BCUT2D eigenvalue weighted by Gasteiger charge is -2.16. The lowest BCUT2D eigenvalue weighted by atomic mass is 9.95. The molecule has 1 saturated heterocycles. The molecule has 0 aliphatic carbocycles. The number of pyridine rings is 1. The Morgan fingerprint density at radius 3 is 2.07 bits per heavy atom. The lowest BCUT2D eigenvalue weighted by molar-refractivity contribution is -0.193. The van der Waals surface area contributed by atoms with Gasteiger partial charge in [0.1, 0.15) is 0 Å². The average molecular weight is 637 g/mol. The summed E-state index contributed by atoms with van der Waals surface area (Å²) in [4.78, 5) is 24.7. The Hall–Kier alpha value is -3.99. The van der Waals surface area contributed by atoms with E-state index >= 15 is 0 Å². The van der Waals surface area contributed by atoms with Crippen LogP contribution in [0.2, 0.25) is 0 Å². The van der Waals surface area contributed by atoms with E-state index in [1.807, 2.05) is 35.3 Å². The quantitative estimate of drug-likeness (QED) is 0.395. The maximum atomic E-state index is 13.1. The summed E-state index contributed by atoms with van der Waals surface area (Å²) in [6.45, 7) is 6.24. The molecule has 2 aliphatic heterocycles. The third-order valence-electron chi connectivity index (χ3n) is 6.53. The van der Waals surface area contributed by atoms with E-state index in [-0.39, 0.29) is 11.2 Å². The third-order valence-corrected chi connectivity index (χ3v) is 8.79. The van der Waals surface area contributed by atoms with Crippen LogP contribution < -0.4 is 0 Å². The van der Waals surface area contributed by atoms with E-state index < -0.39 is 34.1 Å². The molecule has 2 aromatic heterocycles. The van der Waals surface area contributed by atoms with Gasteiger partial charge in [0.2, 0.25) is 0 Å². The molecule has 5 rings (SSSR count). The minimum atomic E-state index is -5.08. The van der Waals surface area contributed by atoms with E-state index in [1.54, 1.807) is 12.3 Å². The van der Waals surface area contributed by atoms with Crippen LogP contribution in [0.25, 0.3) is 11.1 Å². The summed E-state index contributed by atoms with van der Waals surface area (Å²) in [5.74, 6) is -5.49. The summed E-state index contributed by atoms with van der Waals surface area (Å²) in [6.07, 6.45) is -2.66. The molecule has 1 aromatic carbocycles. The predicted octanol–water partition coefficient (Wildman–Crippen LogP) is 4.55. The SMILES string of the molecule is CC(C)n1cc(CN2CC3c4cc(-c5cccnc5)ccc4S(=O)(=O)C3C2)cn1.O=C(O)C(F)(F)F.O=C(O)C(F)(F)F. The summed E-state index contributed by atoms with van der Waals surface area (Å²) >= 11 is 0. The zero-order chi connectivity index (χ0) is 32.3. The van der Waals surface area contributed by atoms with Crippen molar-refractivity contribution in [3.8, 4) is 11.1 Å². The Morgan fingerprint density at radius 1 is 0.977 bits per heavy atom. The summed E-state index contributed by atoms with van der Waals surface area (Å²) < 4.78 is 91.7. The number of aromatic nitrogens is 3. The van der Waals surface area contributed by atoms with Crippen molar-refractivity contribution in [1.82, 2.24) is 19.7 Å². The molecule has 0 amide bonds. The Bertz CT molecular complexity index is 1530. The highest BCUT2D eigenvalue weighted by Gasteiger charge is 2.50. The van der Waals surface area contributed by atoms with Crippen molar-refractivity contribution in [2.24, 2.45) is 0 Å². The maximum Gasteiger partial charge on any atom is 0.490 e. The number of alkyl halides is 6. The van der Waals surface area contributed by atoms with Crippen molar-refractivity contribution in [3.63, 3.8) is 0 Å². The summed E-state index contributed by atoms with van der Waals surface area (Å²) in [5, 5.41) is 18.3. The van der Waals surface area contributed by atoms with Crippen molar-refractivity contribution in [2.45, 2.75) is 54.8 Å². The molecule has 2 atom stereocenters. The van der Waals surface area contributed by atoms with Crippen LogP contribution in [0.5, 0.6) is 0 Å². The number of hydrogen-bond donors (Lipinski definition) is 2. The first-order valence-corrected chi connectivity index (χ1v) is 14.0. The number of rotatable bonds is 4. The Morgan fingerprint density at radius 2 is 1.58 bits per heavy atom. The zero-order valence-electron chi connectivity index (χ0n) is 22.5. The maximum absolute atomic E-state index is 13.1. The predicted molar refractivity (Wildman–Crippen MR) is 139 cm³/mol. The molecule has 43 heavy (non-hydrogen) atoms. The van der Waals surface area contributed by atoms with E-state index in [1.165, 1.54) is 0 Å². The normalized spacial score (nSPS) is 19.0. The molecule has 2 aliphatic rings. The van der Waals surface area contributed by atoms with Gasteiger partial charge in [0.05, 0.1) is 16.3 Å². The second-order valence-corrected chi connectivity index (χ2v) is 12.0. The van der Waals surface area contributed by atoms with Crippen molar-refractivity contribution in [3.05, 3.63) is 66.2 Å². The van der Waals surface area contributed by atoms with E-state index in [0.717, 1.165) is 35.3 Å². The molecule has 0 saturated carbocycles. The molecule has 2 N–H and O–H groups in total.